The maximum atomic E-state index is 12.6. The highest BCUT2D eigenvalue weighted by atomic mass is 32.2. The summed E-state index contributed by atoms with van der Waals surface area (Å²) in [5, 5.41) is 0. The summed E-state index contributed by atoms with van der Waals surface area (Å²) in [7, 11) is -2.38. The van der Waals surface area contributed by atoms with Gasteiger partial charge in [-0.3, -0.25) is 0 Å². The highest BCUT2D eigenvalue weighted by Gasteiger charge is 2.36. The minimum Gasteiger partial charge on any atom is -0.465 e. The summed E-state index contributed by atoms with van der Waals surface area (Å²) in [6.07, 6.45) is 3.45. The Morgan fingerprint density at radius 3 is 2.50 bits per heavy atom. The van der Waals surface area contributed by atoms with Crippen molar-refractivity contribution in [1.29, 1.82) is 0 Å². The quantitative estimate of drug-likeness (QED) is 0.795. The zero-order chi connectivity index (χ0) is 16.4. The molecule has 122 valence electrons. The number of aryl methyl sites for hydroxylation is 1. The molecule has 1 aromatic carbocycles. The van der Waals surface area contributed by atoms with Crippen LogP contribution in [-0.4, -0.2) is 33.6 Å². The fourth-order valence-corrected chi connectivity index (χ4v) is 4.44. The molecule has 1 aliphatic rings. The first-order valence-corrected chi connectivity index (χ1v) is 8.75. The first-order chi connectivity index (χ1) is 10.3. The lowest BCUT2D eigenvalue weighted by molar-refractivity contribution is 0.0600. The molecule has 1 fully saturated rings. The van der Waals surface area contributed by atoms with Crippen molar-refractivity contribution in [3.05, 3.63) is 29.3 Å². The molecule has 1 aromatic rings. The molecule has 0 heterocycles. The molecule has 0 spiro atoms. The van der Waals surface area contributed by atoms with E-state index in [1.807, 2.05) is 0 Å². The molecule has 22 heavy (non-hydrogen) atoms. The van der Waals surface area contributed by atoms with Gasteiger partial charge in [0.25, 0.3) is 0 Å². The number of nitrogens with one attached hydrogen (secondary N) is 1. The lowest BCUT2D eigenvalue weighted by Crippen LogP contribution is -2.51. The van der Waals surface area contributed by atoms with Gasteiger partial charge in [0.15, 0.2) is 0 Å². The lowest BCUT2D eigenvalue weighted by atomic mass is 10.0. The fourth-order valence-electron chi connectivity index (χ4n) is 2.89. The van der Waals surface area contributed by atoms with Crippen LogP contribution in [0.4, 0.5) is 0 Å². The van der Waals surface area contributed by atoms with E-state index >= 15 is 0 Å². The predicted octanol–water partition coefficient (Wildman–Crippen LogP) is 1.33. The third-order valence-electron chi connectivity index (χ3n) is 4.22. The van der Waals surface area contributed by atoms with Gasteiger partial charge in [0.1, 0.15) is 0 Å². The molecule has 0 radical (unpaired) electrons. The second kappa shape index (κ2) is 6.36. The minimum atomic E-state index is -3.67. The molecule has 3 N–H and O–H groups in total. The number of ether oxygens (including phenoxy) is 1. The molecule has 0 bridgehead atoms. The fraction of sp³-hybridized carbons (Fsp3) is 0.533. The molecule has 2 rings (SSSR count). The van der Waals surface area contributed by atoms with Crippen LogP contribution in [-0.2, 0) is 14.8 Å². The van der Waals surface area contributed by atoms with Crippen LogP contribution in [0, 0.1) is 6.92 Å². The van der Waals surface area contributed by atoms with Crippen molar-refractivity contribution in [1.82, 2.24) is 4.72 Å². The molecule has 0 amide bonds. The number of carbonyl (C=O) groups is 1. The van der Waals surface area contributed by atoms with E-state index in [-0.39, 0.29) is 11.4 Å². The Hall–Kier alpha value is -1.44. The number of rotatable bonds is 5. The Labute approximate surface area is 131 Å². The normalized spacial score (nSPS) is 17.4. The Morgan fingerprint density at radius 2 is 2.00 bits per heavy atom. The van der Waals surface area contributed by atoms with E-state index < -0.39 is 21.5 Å². The molecular formula is C15H22N2O4S. The van der Waals surface area contributed by atoms with Gasteiger partial charge in [0, 0.05) is 12.1 Å². The summed E-state index contributed by atoms with van der Waals surface area (Å²) >= 11 is 0. The Morgan fingerprint density at radius 1 is 1.36 bits per heavy atom. The Kier molecular flexibility index (Phi) is 4.89. The van der Waals surface area contributed by atoms with E-state index in [9.17, 15) is 13.2 Å². The monoisotopic (exact) mass is 326 g/mol. The largest absolute Gasteiger partial charge is 0.465 e. The number of sulfonamides is 1. The number of methoxy groups -OCH3 is 1. The van der Waals surface area contributed by atoms with Gasteiger partial charge in [-0.05, 0) is 43.5 Å². The van der Waals surface area contributed by atoms with Crippen LogP contribution in [0.5, 0.6) is 0 Å². The smallest absolute Gasteiger partial charge is 0.338 e. The van der Waals surface area contributed by atoms with E-state index in [0.717, 1.165) is 25.7 Å². The van der Waals surface area contributed by atoms with Gasteiger partial charge in [-0.2, -0.15) is 0 Å². The van der Waals surface area contributed by atoms with Crippen LogP contribution in [0.2, 0.25) is 0 Å². The number of esters is 1. The van der Waals surface area contributed by atoms with Gasteiger partial charge in [-0.1, -0.05) is 12.8 Å². The maximum Gasteiger partial charge on any atom is 0.338 e. The van der Waals surface area contributed by atoms with Gasteiger partial charge in [0.2, 0.25) is 10.0 Å². The van der Waals surface area contributed by atoms with E-state index in [4.69, 9.17) is 5.73 Å². The predicted molar refractivity (Wildman–Crippen MR) is 83.1 cm³/mol. The molecule has 6 nitrogen and oxygen atoms in total. The molecule has 0 saturated heterocycles. The van der Waals surface area contributed by atoms with Crippen LogP contribution in [0.1, 0.15) is 41.6 Å². The summed E-state index contributed by atoms with van der Waals surface area (Å²) in [4.78, 5) is 11.7. The number of benzene rings is 1. The van der Waals surface area contributed by atoms with Crippen molar-refractivity contribution in [2.45, 2.75) is 43.0 Å². The summed E-state index contributed by atoms with van der Waals surface area (Å²) in [6, 6.07) is 4.37. The van der Waals surface area contributed by atoms with E-state index in [1.54, 1.807) is 6.92 Å². The zero-order valence-corrected chi connectivity index (χ0v) is 13.7. The van der Waals surface area contributed by atoms with Crippen molar-refractivity contribution in [2.24, 2.45) is 5.73 Å². The number of hydrogen-bond acceptors (Lipinski definition) is 5. The van der Waals surface area contributed by atoms with Crippen LogP contribution in [0.3, 0.4) is 0 Å². The van der Waals surface area contributed by atoms with Crippen molar-refractivity contribution >= 4 is 16.0 Å². The van der Waals surface area contributed by atoms with Crippen molar-refractivity contribution < 1.29 is 17.9 Å². The van der Waals surface area contributed by atoms with Gasteiger partial charge < -0.3 is 10.5 Å². The van der Waals surface area contributed by atoms with Crippen molar-refractivity contribution in [3.63, 3.8) is 0 Å². The zero-order valence-electron chi connectivity index (χ0n) is 12.9. The SMILES string of the molecule is COC(=O)c1ccc(S(=O)(=O)NC2(CN)CCCC2)cc1C. The molecule has 7 heteroatoms. The highest BCUT2D eigenvalue weighted by Crippen LogP contribution is 2.30. The van der Waals surface area contributed by atoms with E-state index in [1.165, 1.54) is 25.3 Å². The van der Waals surface area contributed by atoms with Gasteiger partial charge in [-0.15, -0.1) is 0 Å². The minimum absolute atomic E-state index is 0.136. The Bertz CT molecular complexity index is 664. The van der Waals surface area contributed by atoms with Gasteiger partial charge in [0.05, 0.1) is 17.6 Å². The number of nitrogens with two attached hydrogens (primary N) is 1. The number of hydrogen-bond donors (Lipinski definition) is 2. The van der Waals surface area contributed by atoms with Gasteiger partial charge >= 0.3 is 5.97 Å². The maximum absolute atomic E-state index is 12.6. The summed E-state index contributed by atoms with van der Waals surface area (Å²) < 4.78 is 32.6. The summed E-state index contributed by atoms with van der Waals surface area (Å²) in [6.45, 7) is 1.96. The topological polar surface area (TPSA) is 98.5 Å². The van der Waals surface area contributed by atoms with Crippen LogP contribution in [0.15, 0.2) is 23.1 Å². The average Bonchev–Trinajstić information content (AvgIpc) is 2.94. The second-order valence-corrected chi connectivity index (χ2v) is 7.45. The van der Waals surface area contributed by atoms with Crippen LogP contribution >= 0.6 is 0 Å². The number of carbonyl (C=O) groups excluding carboxylic acids is 1. The molecule has 1 aliphatic carbocycles. The van der Waals surface area contributed by atoms with E-state index in [0.29, 0.717) is 11.1 Å². The van der Waals surface area contributed by atoms with Crippen molar-refractivity contribution in [3.8, 4) is 0 Å². The summed E-state index contributed by atoms with van der Waals surface area (Å²) in [5.41, 5.74) is 6.15. The first kappa shape index (κ1) is 16.9. The molecule has 0 aliphatic heterocycles. The molecular weight excluding hydrogens is 304 g/mol. The standard InChI is InChI=1S/C15H22N2O4S/c1-11-9-12(5-6-13(11)14(18)21-2)22(19,20)17-15(10-16)7-3-4-8-15/h5-6,9,17H,3-4,7-8,10,16H2,1-2H3. The first-order valence-electron chi connectivity index (χ1n) is 7.27. The van der Waals surface area contributed by atoms with Crippen LogP contribution < -0.4 is 10.5 Å². The molecule has 0 atom stereocenters. The summed E-state index contributed by atoms with van der Waals surface area (Å²) in [5.74, 6) is -0.483. The third-order valence-corrected chi connectivity index (χ3v) is 5.79. The lowest BCUT2D eigenvalue weighted by Gasteiger charge is -2.28. The van der Waals surface area contributed by atoms with Crippen LogP contribution in [0.25, 0.3) is 0 Å². The second-order valence-electron chi connectivity index (χ2n) is 5.77. The molecule has 1 saturated carbocycles. The third kappa shape index (κ3) is 3.31. The van der Waals surface area contributed by atoms with Gasteiger partial charge in [-0.25, -0.2) is 17.9 Å². The Balaban J connectivity index is 2.30. The average molecular weight is 326 g/mol. The van der Waals surface area contributed by atoms with Crippen molar-refractivity contribution in [2.75, 3.05) is 13.7 Å². The highest BCUT2D eigenvalue weighted by molar-refractivity contribution is 7.89. The van der Waals surface area contributed by atoms with E-state index in [2.05, 4.69) is 9.46 Å². The molecule has 0 unspecified atom stereocenters. The molecule has 0 aromatic heterocycles.